The van der Waals surface area contributed by atoms with E-state index in [0.29, 0.717) is 6.61 Å². The maximum atomic E-state index is 6.08. The molecule has 1 heterocycles. The number of ether oxygens (including phenoxy) is 3. The number of morpholine rings is 1. The Labute approximate surface area is 162 Å². The monoisotopic (exact) mass is 377 g/mol. The average Bonchev–Trinajstić information content (AvgIpc) is 2.65. The van der Waals surface area contributed by atoms with Gasteiger partial charge >= 0.3 is 0 Å². The Kier molecular flexibility index (Phi) is 8.23. The molecule has 1 saturated heterocycles. The third kappa shape index (κ3) is 5.90. The molecule has 0 aliphatic carbocycles. The molecule has 0 spiro atoms. The van der Waals surface area contributed by atoms with Gasteiger partial charge in [0.15, 0.2) is 0 Å². The lowest BCUT2D eigenvalue weighted by atomic mass is 10.0. The smallest absolute Gasteiger partial charge is 0.122 e. The second kappa shape index (κ2) is 10.4. The van der Waals surface area contributed by atoms with Crippen molar-refractivity contribution >= 4 is 12.4 Å². The van der Waals surface area contributed by atoms with E-state index < -0.39 is 0 Å². The molecule has 0 radical (unpaired) electrons. The van der Waals surface area contributed by atoms with Crippen LogP contribution in [-0.4, -0.2) is 51.5 Å². The number of benzene rings is 2. The summed E-state index contributed by atoms with van der Waals surface area (Å²) >= 11 is 0. The Morgan fingerprint density at radius 2 is 1.96 bits per heavy atom. The van der Waals surface area contributed by atoms with Crippen LogP contribution in [0.4, 0.5) is 0 Å². The van der Waals surface area contributed by atoms with E-state index in [4.69, 9.17) is 14.2 Å². The first-order valence-corrected chi connectivity index (χ1v) is 8.88. The van der Waals surface area contributed by atoms with Crippen molar-refractivity contribution in [2.75, 3.05) is 40.5 Å². The van der Waals surface area contributed by atoms with Crippen LogP contribution < -0.4 is 9.47 Å². The van der Waals surface area contributed by atoms with Gasteiger partial charge in [0, 0.05) is 13.1 Å². The minimum absolute atomic E-state index is 0. The van der Waals surface area contributed by atoms with Crippen molar-refractivity contribution in [3.05, 3.63) is 59.7 Å². The van der Waals surface area contributed by atoms with Crippen molar-refractivity contribution in [2.24, 2.45) is 0 Å². The van der Waals surface area contributed by atoms with Crippen LogP contribution in [0.25, 0.3) is 0 Å². The van der Waals surface area contributed by atoms with Gasteiger partial charge in [-0.15, -0.1) is 12.4 Å². The molecule has 26 heavy (non-hydrogen) atoms. The highest BCUT2D eigenvalue weighted by atomic mass is 35.5. The van der Waals surface area contributed by atoms with Crippen molar-refractivity contribution in [1.82, 2.24) is 4.90 Å². The zero-order valence-corrected chi connectivity index (χ0v) is 16.3. The van der Waals surface area contributed by atoms with E-state index in [1.807, 2.05) is 24.3 Å². The first-order chi connectivity index (χ1) is 12.2. The van der Waals surface area contributed by atoms with Gasteiger partial charge in [0.1, 0.15) is 24.2 Å². The fourth-order valence-corrected chi connectivity index (χ4v) is 3.11. The predicted octanol–water partition coefficient (Wildman–Crippen LogP) is 3.61. The molecule has 1 aliphatic heterocycles. The summed E-state index contributed by atoms with van der Waals surface area (Å²) in [7, 11) is 3.82. The fourth-order valence-electron chi connectivity index (χ4n) is 3.11. The van der Waals surface area contributed by atoms with Crippen LogP contribution in [0, 0.1) is 0 Å². The van der Waals surface area contributed by atoms with E-state index in [1.165, 1.54) is 11.1 Å². The maximum absolute atomic E-state index is 6.08. The largest absolute Gasteiger partial charge is 0.497 e. The summed E-state index contributed by atoms with van der Waals surface area (Å²) in [6.07, 6.45) is 2.04. The fraction of sp³-hybridized carbons (Fsp3) is 0.429. The highest BCUT2D eigenvalue weighted by molar-refractivity contribution is 5.85. The molecular weight excluding hydrogens is 350 g/mol. The van der Waals surface area contributed by atoms with Gasteiger partial charge in [0.2, 0.25) is 0 Å². The van der Waals surface area contributed by atoms with Crippen LogP contribution in [0.2, 0.25) is 0 Å². The lowest BCUT2D eigenvalue weighted by molar-refractivity contribution is -0.0404. The van der Waals surface area contributed by atoms with Crippen LogP contribution in [0.5, 0.6) is 11.5 Å². The Bertz CT molecular complexity index is 680. The summed E-state index contributed by atoms with van der Waals surface area (Å²) < 4.78 is 17.2. The number of likely N-dealkylation sites (N-methyl/N-ethyl adjacent to an activating group) is 1. The number of hydrogen-bond acceptors (Lipinski definition) is 4. The Morgan fingerprint density at radius 1 is 1.12 bits per heavy atom. The van der Waals surface area contributed by atoms with Crippen LogP contribution in [0.15, 0.2) is 48.5 Å². The molecule has 0 bridgehead atoms. The van der Waals surface area contributed by atoms with Crippen molar-refractivity contribution in [1.29, 1.82) is 0 Å². The van der Waals surface area contributed by atoms with E-state index >= 15 is 0 Å². The zero-order chi connectivity index (χ0) is 17.5. The van der Waals surface area contributed by atoms with Crippen LogP contribution in [0.1, 0.15) is 11.1 Å². The number of rotatable bonds is 7. The predicted molar refractivity (Wildman–Crippen MR) is 107 cm³/mol. The molecule has 1 atom stereocenters. The number of aryl methyl sites for hydroxylation is 2. The highest BCUT2D eigenvalue weighted by Gasteiger charge is 2.18. The summed E-state index contributed by atoms with van der Waals surface area (Å²) in [5.41, 5.74) is 2.50. The topological polar surface area (TPSA) is 30.9 Å². The summed E-state index contributed by atoms with van der Waals surface area (Å²) in [4.78, 5) is 2.28. The van der Waals surface area contributed by atoms with E-state index in [1.54, 1.807) is 7.11 Å². The van der Waals surface area contributed by atoms with Gasteiger partial charge in [0.05, 0.1) is 13.7 Å². The average molecular weight is 378 g/mol. The third-order valence-electron chi connectivity index (χ3n) is 4.56. The van der Waals surface area contributed by atoms with E-state index in [9.17, 15) is 0 Å². The molecule has 2 aromatic rings. The molecule has 0 N–H and O–H groups in total. The van der Waals surface area contributed by atoms with Gasteiger partial charge in [-0.1, -0.05) is 30.3 Å². The van der Waals surface area contributed by atoms with Crippen molar-refractivity contribution in [2.45, 2.75) is 18.9 Å². The SMILES string of the molecule is COc1cccc(CCc2ccccc2OC[C@@H]2CN(C)CCO2)c1.Cl. The minimum Gasteiger partial charge on any atom is -0.497 e. The van der Waals surface area contributed by atoms with Crippen molar-refractivity contribution < 1.29 is 14.2 Å². The highest BCUT2D eigenvalue weighted by Crippen LogP contribution is 2.22. The molecule has 0 unspecified atom stereocenters. The van der Waals surface area contributed by atoms with Crippen LogP contribution in [0.3, 0.4) is 0 Å². The van der Waals surface area contributed by atoms with Crippen LogP contribution in [-0.2, 0) is 17.6 Å². The molecule has 3 rings (SSSR count). The molecule has 1 aliphatic rings. The lowest BCUT2D eigenvalue weighted by Crippen LogP contribution is -2.42. The summed E-state index contributed by atoms with van der Waals surface area (Å²) in [5.74, 6) is 1.86. The molecule has 0 amide bonds. The first kappa shape index (κ1) is 20.6. The number of nitrogens with zero attached hydrogens (tertiary/aromatic N) is 1. The standard InChI is InChI=1S/C21H27NO3.ClH/c1-22-12-13-24-20(15-22)16-25-21-9-4-3-7-18(21)11-10-17-6-5-8-19(14-17)23-2;/h3-9,14,20H,10-13,15-16H2,1-2H3;1H/t20-;/m0./s1. The zero-order valence-electron chi connectivity index (χ0n) is 15.5. The van der Waals surface area contributed by atoms with Gasteiger partial charge in [-0.05, 0) is 49.2 Å². The van der Waals surface area contributed by atoms with Crippen molar-refractivity contribution in [3.8, 4) is 11.5 Å². The van der Waals surface area contributed by atoms with Gasteiger partial charge in [-0.3, -0.25) is 0 Å². The molecular formula is C21H28ClNO3. The van der Waals surface area contributed by atoms with Gasteiger partial charge < -0.3 is 19.1 Å². The van der Waals surface area contributed by atoms with Crippen molar-refractivity contribution in [3.63, 3.8) is 0 Å². The molecule has 142 valence electrons. The lowest BCUT2D eigenvalue weighted by Gasteiger charge is -2.30. The Balaban J connectivity index is 0.00000243. The minimum atomic E-state index is 0. The molecule has 0 aromatic heterocycles. The maximum Gasteiger partial charge on any atom is 0.122 e. The normalized spacial score (nSPS) is 17.4. The second-order valence-corrected chi connectivity index (χ2v) is 6.53. The van der Waals surface area contributed by atoms with Gasteiger partial charge in [0.25, 0.3) is 0 Å². The number of halogens is 1. The van der Waals surface area contributed by atoms with Gasteiger partial charge in [-0.25, -0.2) is 0 Å². The number of para-hydroxylation sites is 1. The van der Waals surface area contributed by atoms with Crippen LogP contribution >= 0.6 is 12.4 Å². The second-order valence-electron chi connectivity index (χ2n) is 6.53. The van der Waals surface area contributed by atoms with E-state index in [2.05, 4.69) is 36.2 Å². The summed E-state index contributed by atoms with van der Waals surface area (Å²) in [6, 6.07) is 16.5. The molecule has 0 saturated carbocycles. The van der Waals surface area contributed by atoms with Gasteiger partial charge in [-0.2, -0.15) is 0 Å². The number of methoxy groups -OCH3 is 1. The molecule has 1 fully saturated rings. The summed E-state index contributed by atoms with van der Waals surface area (Å²) in [6.45, 7) is 3.29. The molecule has 2 aromatic carbocycles. The molecule has 5 heteroatoms. The third-order valence-corrected chi connectivity index (χ3v) is 4.56. The summed E-state index contributed by atoms with van der Waals surface area (Å²) in [5, 5.41) is 0. The quantitative estimate of drug-likeness (QED) is 0.737. The Hall–Kier alpha value is -1.75. The number of hydrogen-bond donors (Lipinski definition) is 0. The van der Waals surface area contributed by atoms with E-state index in [0.717, 1.165) is 44.0 Å². The first-order valence-electron chi connectivity index (χ1n) is 8.88. The Morgan fingerprint density at radius 3 is 2.77 bits per heavy atom. The van der Waals surface area contributed by atoms with E-state index in [-0.39, 0.29) is 18.5 Å². The molecule has 4 nitrogen and oxygen atoms in total.